The van der Waals surface area contributed by atoms with Gasteiger partial charge < -0.3 is 4.42 Å². The van der Waals surface area contributed by atoms with Crippen LogP contribution in [0.1, 0.15) is 21.7 Å². The summed E-state index contributed by atoms with van der Waals surface area (Å²) < 4.78 is 32.3. The standard InChI is InChI=1S/C13H9BrF2O2/c1-7-4-8(6-18-7)12(17)5-9-11(15)3-2-10(14)13(9)16/h2-4,6H,5H2,1H3. The Morgan fingerprint density at radius 2 is 2.11 bits per heavy atom. The van der Waals surface area contributed by atoms with Crippen LogP contribution in [0.15, 0.2) is 33.4 Å². The summed E-state index contributed by atoms with van der Waals surface area (Å²) in [6.07, 6.45) is 0.946. The smallest absolute Gasteiger partial charge is 0.170 e. The Morgan fingerprint density at radius 1 is 1.39 bits per heavy atom. The Hall–Kier alpha value is -1.49. The number of carbonyl (C=O) groups is 1. The van der Waals surface area contributed by atoms with Gasteiger partial charge >= 0.3 is 0 Å². The molecule has 0 saturated carbocycles. The highest BCUT2D eigenvalue weighted by Crippen LogP contribution is 2.23. The highest BCUT2D eigenvalue weighted by atomic mass is 79.9. The van der Waals surface area contributed by atoms with Crippen molar-refractivity contribution in [3.63, 3.8) is 0 Å². The molecule has 0 aliphatic carbocycles. The average Bonchev–Trinajstić information content (AvgIpc) is 2.76. The highest BCUT2D eigenvalue weighted by Gasteiger charge is 2.17. The lowest BCUT2D eigenvalue weighted by atomic mass is 10.0. The monoisotopic (exact) mass is 314 g/mol. The summed E-state index contributed by atoms with van der Waals surface area (Å²) in [5.41, 5.74) is 0.0690. The molecule has 0 N–H and O–H groups in total. The third-order valence-corrected chi connectivity index (χ3v) is 3.14. The normalized spacial score (nSPS) is 10.7. The van der Waals surface area contributed by atoms with E-state index in [9.17, 15) is 13.6 Å². The van der Waals surface area contributed by atoms with Gasteiger partial charge in [0.05, 0.1) is 10.0 Å². The van der Waals surface area contributed by atoms with Crippen molar-refractivity contribution >= 4 is 21.7 Å². The zero-order valence-electron chi connectivity index (χ0n) is 9.47. The molecule has 0 saturated heterocycles. The lowest BCUT2D eigenvalue weighted by molar-refractivity contribution is 0.0990. The van der Waals surface area contributed by atoms with Crippen molar-refractivity contribution in [1.82, 2.24) is 0 Å². The molecule has 1 heterocycles. The highest BCUT2D eigenvalue weighted by molar-refractivity contribution is 9.10. The summed E-state index contributed by atoms with van der Waals surface area (Å²) in [6.45, 7) is 1.69. The van der Waals surface area contributed by atoms with Gasteiger partial charge in [0.2, 0.25) is 0 Å². The molecule has 5 heteroatoms. The lowest BCUT2D eigenvalue weighted by Crippen LogP contribution is -2.07. The molecule has 18 heavy (non-hydrogen) atoms. The van der Waals surface area contributed by atoms with Crippen molar-refractivity contribution in [3.05, 3.63) is 57.5 Å². The van der Waals surface area contributed by atoms with Crippen LogP contribution in [0, 0.1) is 18.6 Å². The van der Waals surface area contributed by atoms with Crippen molar-refractivity contribution in [3.8, 4) is 0 Å². The second-order valence-electron chi connectivity index (χ2n) is 3.87. The van der Waals surface area contributed by atoms with Gasteiger partial charge in [-0.25, -0.2) is 8.78 Å². The summed E-state index contributed by atoms with van der Waals surface area (Å²) in [7, 11) is 0. The van der Waals surface area contributed by atoms with E-state index < -0.39 is 11.6 Å². The average molecular weight is 315 g/mol. The molecule has 1 aromatic carbocycles. The number of furan rings is 1. The minimum atomic E-state index is -0.747. The van der Waals surface area contributed by atoms with Crippen LogP contribution < -0.4 is 0 Å². The molecule has 0 radical (unpaired) electrons. The van der Waals surface area contributed by atoms with Crippen LogP contribution in [-0.4, -0.2) is 5.78 Å². The fourth-order valence-corrected chi connectivity index (χ4v) is 1.95. The number of halogens is 3. The Bertz CT molecular complexity index is 605. The summed E-state index contributed by atoms with van der Waals surface area (Å²) >= 11 is 2.96. The molecular weight excluding hydrogens is 306 g/mol. The number of Topliss-reactive ketones (excluding diaryl/α,β-unsaturated/α-hetero) is 1. The molecule has 1 aromatic heterocycles. The predicted octanol–water partition coefficient (Wildman–Crippen LogP) is 4.05. The van der Waals surface area contributed by atoms with Crippen molar-refractivity contribution in [2.75, 3.05) is 0 Å². The van der Waals surface area contributed by atoms with E-state index in [1.807, 2.05) is 0 Å². The first-order valence-electron chi connectivity index (χ1n) is 5.19. The van der Waals surface area contributed by atoms with Gasteiger partial charge in [-0.1, -0.05) is 0 Å². The van der Waals surface area contributed by atoms with Gasteiger partial charge in [-0.3, -0.25) is 4.79 Å². The quantitative estimate of drug-likeness (QED) is 0.632. The molecule has 2 aromatic rings. The fraction of sp³-hybridized carbons (Fsp3) is 0.154. The van der Waals surface area contributed by atoms with E-state index in [0.29, 0.717) is 11.3 Å². The molecule has 94 valence electrons. The van der Waals surface area contributed by atoms with Crippen LogP contribution in [-0.2, 0) is 6.42 Å². The number of benzene rings is 1. The maximum Gasteiger partial charge on any atom is 0.170 e. The van der Waals surface area contributed by atoms with Crippen molar-refractivity contribution in [2.24, 2.45) is 0 Å². The zero-order valence-corrected chi connectivity index (χ0v) is 11.1. The number of rotatable bonds is 3. The topological polar surface area (TPSA) is 30.2 Å². The largest absolute Gasteiger partial charge is 0.469 e. The van der Waals surface area contributed by atoms with Crippen LogP contribution in [0.3, 0.4) is 0 Å². The second kappa shape index (κ2) is 5.02. The number of carbonyl (C=O) groups excluding carboxylic acids is 1. The summed E-state index contributed by atoms with van der Waals surface area (Å²) in [6, 6.07) is 3.92. The van der Waals surface area contributed by atoms with Crippen LogP contribution in [0.5, 0.6) is 0 Å². The van der Waals surface area contributed by atoms with Gasteiger partial charge in [-0.05, 0) is 41.1 Å². The lowest BCUT2D eigenvalue weighted by Gasteiger charge is -2.04. The van der Waals surface area contributed by atoms with Gasteiger partial charge in [0.1, 0.15) is 23.7 Å². The number of hydrogen-bond donors (Lipinski definition) is 0. The van der Waals surface area contributed by atoms with Crippen LogP contribution in [0.25, 0.3) is 0 Å². The van der Waals surface area contributed by atoms with Crippen LogP contribution in [0.2, 0.25) is 0 Å². The van der Waals surface area contributed by atoms with E-state index in [-0.39, 0.29) is 22.2 Å². The molecule has 2 rings (SSSR count). The summed E-state index contributed by atoms with van der Waals surface area (Å²) in [5.74, 6) is -1.29. The van der Waals surface area contributed by atoms with E-state index in [0.717, 1.165) is 6.07 Å². The van der Waals surface area contributed by atoms with Crippen molar-refractivity contribution in [2.45, 2.75) is 13.3 Å². The minimum Gasteiger partial charge on any atom is -0.469 e. The maximum absolute atomic E-state index is 13.7. The first-order valence-corrected chi connectivity index (χ1v) is 5.99. The molecule has 0 atom stereocenters. The molecule has 0 unspecified atom stereocenters. The maximum atomic E-state index is 13.7. The van der Waals surface area contributed by atoms with Gasteiger partial charge in [0.15, 0.2) is 5.78 Å². The summed E-state index contributed by atoms with van der Waals surface area (Å²) in [5, 5.41) is 0. The second-order valence-corrected chi connectivity index (χ2v) is 4.72. The molecule has 0 aliphatic heterocycles. The number of hydrogen-bond acceptors (Lipinski definition) is 2. The van der Waals surface area contributed by atoms with E-state index >= 15 is 0 Å². The van der Waals surface area contributed by atoms with Gasteiger partial charge in [-0.2, -0.15) is 0 Å². The molecule has 0 spiro atoms. The third kappa shape index (κ3) is 2.51. The van der Waals surface area contributed by atoms with E-state index in [2.05, 4.69) is 15.9 Å². The van der Waals surface area contributed by atoms with E-state index in [4.69, 9.17) is 4.42 Å². The van der Waals surface area contributed by atoms with Gasteiger partial charge in [0.25, 0.3) is 0 Å². The molecule has 0 amide bonds. The van der Waals surface area contributed by atoms with Crippen LogP contribution in [0.4, 0.5) is 8.78 Å². The van der Waals surface area contributed by atoms with Crippen molar-refractivity contribution in [1.29, 1.82) is 0 Å². The molecule has 0 fully saturated rings. The summed E-state index contributed by atoms with van der Waals surface area (Å²) in [4.78, 5) is 11.8. The Kier molecular flexibility index (Phi) is 3.61. The first kappa shape index (κ1) is 13.0. The Morgan fingerprint density at radius 3 is 2.72 bits per heavy atom. The predicted molar refractivity (Wildman–Crippen MR) is 65.5 cm³/mol. The Balaban J connectivity index is 2.30. The van der Waals surface area contributed by atoms with Gasteiger partial charge in [0, 0.05) is 12.0 Å². The van der Waals surface area contributed by atoms with E-state index in [1.54, 1.807) is 6.92 Å². The minimum absolute atomic E-state index is 0.134. The fourth-order valence-electron chi connectivity index (χ4n) is 1.58. The van der Waals surface area contributed by atoms with Crippen LogP contribution >= 0.6 is 15.9 Å². The Labute approximate surface area is 111 Å². The molecule has 0 aliphatic rings. The molecular formula is C13H9BrF2O2. The molecule has 2 nitrogen and oxygen atoms in total. The SMILES string of the molecule is Cc1cc(C(=O)Cc2c(F)ccc(Br)c2F)co1. The number of ketones is 1. The third-order valence-electron chi connectivity index (χ3n) is 2.53. The number of aryl methyl sites for hydroxylation is 1. The van der Waals surface area contributed by atoms with Crippen molar-refractivity contribution < 1.29 is 18.0 Å². The van der Waals surface area contributed by atoms with E-state index in [1.165, 1.54) is 18.4 Å². The van der Waals surface area contributed by atoms with Gasteiger partial charge in [-0.15, -0.1) is 0 Å². The molecule has 0 bridgehead atoms. The zero-order chi connectivity index (χ0) is 13.3. The first-order chi connectivity index (χ1) is 8.49.